The van der Waals surface area contributed by atoms with Gasteiger partial charge in [-0.2, -0.15) is 5.10 Å². The number of nitrogens with one attached hydrogen (secondary N) is 1. The molecule has 27 heavy (non-hydrogen) atoms. The lowest BCUT2D eigenvalue weighted by Gasteiger charge is -2.13. The van der Waals surface area contributed by atoms with Gasteiger partial charge < -0.3 is 14.6 Å². The molecule has 2 aromatic carbocycles. The topological polar surface area (TPSA) is 126 Å². The Hall–Kier alpha value is -3.62. The number of hydrogen-bond donors (Lipinski definition) is 1. The van der Waals surface area contributed by atoms with E-state index in [2.05, 4.69) is 10.5 Å². The van der Waals surface area contributed by atoms with Crippen LogP contribution in [0.3, 0.4) is 0 Å². The number of nitro groups is 1. The number of nitro benzene ring substituents is 1. The minimum Gasteiger partial charge on any atom is -0.865 e. The van der Waals surface area contributed by atoms with Crippen molar-refractivity contribution in [3.63, 3.8) is 0 Å². The van der Waals surface area contributed by atoms with Gasteiger partial charge in [0.15, 0.2) is 6.61 Å². The molecule has 0 atom stereocenters. The molecule has 9 nitrogen and oxygen atoms in total. The van der Waals surface area contributed by atoms with Crippen LogP contribution in [0, 0.1) is 24.0 Å². The molecular formula is C18H18N3O6-. The Morgan fingerprint density at radius 2 is 1.96 bits per heavy atom. The van der Waals surface area contributed by atoms with Crippen LogP contribution in [0.5, 0.6) is 17.2 Å². The van der Waals surface area contributed by atoms with Gasteiger partial charge in [0.1, 0.15) is 11.5 Å². The van der Waals surface area contributed by atoms with Crippen LogP contribution in [0.25, 0.3) is 0 Å². The zero-order valence-corrected chi connectivity index (χ0v) is 15.0. The highest BCUT2D eigenvalue weighted by Gasteiger charge is 2.13. The lowest BCUT2D eigenvalue weighted by Crippen LogP contribution is -2.25. The molecule has 0 aliphatic heterocycles. The molecular weight excluding hydrogens is 354 g/mol. The number of benzene rings is 2. The van der Waals surface area contributed by atoms with Gasteiger partial charge in [-0.1, -0.05) is 18.2 Å². The SMILES string of the molecule is COc1cc(/C=N\NC(=O)COc2c(C)cccc2C)cc([N+](=O)[O-])c1[O-]. The molecule has 1 amide bonds. The lowest BCUT2D eigenvalue weighted by atomic mass is 10.1. The predicted molar refractivity (Wildman–Crippen MR) is 96.2 cm³/mol. The largest absolute Gasteiger partial charge is 0.865 e. The van der Waals surface area contributed by atoms with E-state index < -0.39 is 22.3 Å². The number of carbonyl (C=O) groups is 1. The predicted octanol–water partition coefficient (Wildman–Crippen LogP) is 1.82. The third kappa shape index (κ3) is 4.94. The Labute approximate surface area is 155 Å². The van der Waals surface area contributed by atoms with Crippen molar-refractivity contribution in [3.8, 4) is 17.2 Å². The summed E-state index contributed by atoms with van der Waals surface area (Å²) >= 11 is 0. The summed E-state index contributed by atoms with van der Waals surface area (Å²) in [6.45, 7) is 3.50. The number of carbonyl (C=O) groups excluding carboxylic acids is 1. The molecule has 2 rings (SSSR count). The normalized spacial score (nSPS) is 10.6. The van der Waals surface area contributed by atoms with Gasteiger partial charge in [-0.15, -0.1) is 0 Å². The highest BCUT2D eigenvalue weighted by Crippen LogP contribution is 2.33. The second kappa shape index (κ2) is 8.65. The van der Waals surface area contributed by atoms with Crippen LogP contribution in [0.2, 0.25) is 0 Å². The first-order valence-electron chi connectivity index (χ1n) is 7.87. The molecule has 142 valence electrons. The summed E-state index contributed by atoms with van der Waals surface area (Å²) in [5.41, 5.74) is 3.66. The van der Waals surface area contributed by atoms with E-state index in [-0.39, 0.29) is 17.9 Å². The van der Waals surface area contributed by atoms with Crippen molar-refractivity contribution in [2.24, 2.45) is 5.10 Å². The van der Waals surface area contributed by atoms with Crippen LogP contribution in [0.4, 0.5) is 5.69 Å². The lowest BCUT2D eigenvalue weighted by molar-refractivity contribution is -0.398. The van der Waals surface area contributed by atoms with Crippen molar-refractivity contribution in [2.75, 3.05) is 13.7 Å². The number of aryl methyl sites for hydroxylation is 2. The van der Waals surface area contributed by atoms with E-state index in [1.165, 1.54) is 19.4 Å². The van der Waals surface area contributed by atoms with E-state index in [9.17, 15) is 20.0 Å². The number of methoxy groups -OCH3 is 1. The van der Waals surface area contributed by atoms with Crippen LogP contribution < -0.4 is 20.0 Å². The Balaban J connectivity index is 2.01. The highest BCUT2D eigenvalue weighted by atomic mass is 16.6. The van der Waals surface area contributed by atoms with Gasteiger partial charge in [-0.05, 0) is 31.0 Å². The smallest absolute Gasteiger partial charge is 0.277 e. The summed E-state index contributed by atoms with van der Waals surface area (Å²) in [6.07, 6.45) is 1.17. The van der Waals surface area contributed by atoms with Gasteiger partial charge in [0.25, 0.3) is 11.6 Å². The second-order valence-electron chi connectivity index (χ2n) is 5.63. The fourth-order valence-corrected chi connectivity index (χ4v) is 2.35. The van der Waals surface area contributed by atoms with Crippen molar-refractivity contribution < 1.29 is 24.3 Å². The fourth-order valence-electron chi connectivity index (χ4n) is 2.35. The first kappa shape index (κ1) is 19.7. The second-order valence-corrected chi connectivity index (χ2v) is 5.63. The molecule has 0 bridgehead atoms. The molecule has 0 heterocycles. The molecule has 0 aromatic heterocycles. The van der Waals surface area contributed by atoms with Crippen molar-refractivity contribution >= 4 is 17.8 Å². The average molecular weight is 372 g/mol. The fraction of sp³-hybridized carbons (Fsp3) is 0.222. The summed E-state index contributed by atoms with van der Waals surface area (Å²) in [5, 5.41) is 26.4. The molecule has 0 unspecified atom stereocenters. The summed E-state index contributed by atoms with van der Waals surface area (Å²) in [5.74, 6) is -0.889. The first-order chi connectivity index (χ1) is 12.8. The maximum absolute atomic E-state index is 11.8. The number of hydrogen-bond acceptors (Lipinski definition) is 7. The molecule has 0 saturated carbocycles. The van der Waals surface area contributed by atoms with E-state index in [1.54, 1.807) is 0 Å². The third-order valence-electron chi connectivity index (χ3n) is 3.63. The Morgan fingerprint density at radius 3 is 2.56 bits per heavy atom. The minimum absolute atomic E-state index is 0.185. The van der Waals surface area contributed by atoms with Crippen LogP contribution >= 0.6 is 0 Å². The van der Waals surface area contributed by atoms with Crippen LogP contribution in [-0.4, -0.2) is 30.8 Å². The summed E-state index contributed by atoms with van der Waals surface area (Å²) < 4.78 is 10.3. The Morgan fingerprint density at radius 1 is 1.30 bits per heavy atom. The van der Waals surface area contributed by atoms with Gasteiger partial charge in [-0.25, -0.2) is 5.43 Å². The standard InChI is InChI=1S/C18H19N3O6/c1-11-5-4-6-12(2)18(11)27-10-16(22)20-19-9-13-7-14(21(24)25)17(23)15(8-13)26-3/h4-9,23H,10H2,1-3H3,(H,20,22)/p-1/b19-9-. The zero-order valence-electron chi connectivity index (χ0n) is 15.0. The number of ether oxygens (including phenoxy) is 2. The highest BCUT2D eigenvalue weighted by molar-refractivity contribution is 5.85. The minimum atomic E-state index is -0.828. The summed E-state index contributed by atoms with van der Waals surface area (Å²) in [4.78, 5) is 22.0. The van der Waals surface area contributed by atoms with E-state index in [0.29, 0.717) is 5.75 Å². The van der Waals surface area contributed by atoms with Gasteiger partial charge in [0, 0.05) is 17.4 Å². The maximum Gasteiger partial charge on any atom is 0.277 e. The van der Waals surface area contributed by atoms with E-state index in [0.717, 1.165) is 17.2 Å². The summed E-state index contributed by atoms with van der Waals surface area (Å²) in [7, 11) is 1.23. The molecule has 0 radical (unpaired) electrons. The quantitative estimate of drug-likeness (QED) is 0.449. The van der Waals surface area contributed by atoms with Crippen LogP contribution in [0.1, 0.15) is 16.7 Å². The summed E-state index contributed by atoms with van der Waals surface area (Å²) in [6, 6.07) is 7.98. The van der Waals surface area contributed by atoms with Crippen molar-refractivity contribution in [1.29, 1.82) is 0 Å². The Bertz CT molecular complexity index is 875. The van der Waals surface area contributed by atoms with Crippen molar-refractivity contribution in [3.05, 3.63) is 57.1 Å². The number of nitrogens with zero attached hydrogens (tertiary/aromatic N) is 2. The maximum atomic E-state index is 11.8. The molecule has 0 spiro atoms. The third-order valence-corrected chi connectivity index (χ3v) is 3.63. The van der Waals surface area contributed by atoms with E-state index >= 15 is 0 Å². The van der Waals surface area contributed by atoms with E-state index in [1.807, 2.05) is 32.0 Å². The zero-order chi connectivity index (χ0) is 20.0. The average Bonchev–Trinajstić information content (AvgIpc) is 2.62. The number of para-hydroxylation sites is 1. The number of amides is 1. The van der Waals surface area contributed by atoms with Gasteiger partial charge >= 0.3 is 0 Å². The number of rotatable bonds is 7. The van der Waals surface area contributed by atoms with Crippen LogP contribution in [-0.2, 0) is 4.79 Å². The molecule has 9 heteroatoms. The molecule has 0 fully saturated rings. The first-order valence-corrected chi connectivity index (χ1v) is 7.87. The monoisotopic (exact) mass is 372 g/mol. The molecule has 0 aliphatic carbocycles. The number of hydrazone groups is 1. The Kier molecular flexibility index (Phi) is 6.32. The van der Waals surface area contributed by atoms with Crippen molar-refractivity contribution in [2.45, 2.75) is 13.8 Å². The molecule has 1 N–H and O–H groups in total. The van der Waals surface area contributed by atoms with Crippen LogP contribution in [0.15, 0.2) is 35.4 Å². The van der Waals surface area contributed by atoms with Gasteiger partial charge in [-0.3, -0.25) is 14.9 Å². The molecule has 0 saturated heterocycles. The van der Waals surface area contributed by atoms with Gasteiger partial charge in [0.05, 0.1) is 18.2 Å². The van der Waals surface area contributed by atoms with Gasteiger partial charge in [0.2, 0.25) is 0 Å². The molecule has 0 aliphatic rings. The van der Waals surface area contributed by atoms with E-state index in [4.69, 9.17) is 9.47 Å². The molecule has 2 aromatic rings. The van der Waals surface area contributed by atoms with Crippen molar-refractivity contribution in [1.82, 2.24) is 5.43 Å².